The van der Waals surface area contributed by atoms with E-state index in [0.29, 0.717) is 17.1 Å². The minimum absolute atomic E-state index is 0.0592. The van der Waals surface area contributed by atoms with Crippen LogP contribution in [0.15, 0.2) is 23.9 Å². The first-order valence-electron chi connectivity index (χ1n) is 7.66. The zero-order valence-electron chi connectivity index (χ0n) is 14.0. The lowest BCUT2D eigenvalue weighted by molar-refractivity contribution is -0.142. The number of nitrogens with one attached hydrogen (secondary N) is 1. The summed E-state index contributed by atoms with van der Waals surface area (Å²) < 4.78 is 4.92. The summed E-state index contributed by atoms with van der Waals surface area (Å²) in [5.41, 5.74) is 8.87. The molecule has 1 aromatic carbocycles. The van der Waals surface area contributed by atoms with E-state index in [-0.39, 0.29) is 19.6 Å². The van der Waals surface area contributed by atoms with Gasteiger partial charge in [-0.05, 0) is 44.0 Å². The summed E-state index contributed by atoms with van der Waals surface area (Å²) >= 11 is 0. The van der Waals surface area contributed by atoms with Crippen LogP contribution in [0.3, 0.4) is 0 Å². The van der Waals surface area contributed by atoms with Crippen molar-refractivity contribution in [2.75, 3.05) is 23.4 Å². The van der Waals surface area contributed by atoms with Gasteiger partial charge in [-0.15, -0.1) is 0 Å². The van der Waals surface area contributed by atoms with Crippen molar-refractivity contribution in [3.63, 3.8) is 0 Å². The van der Waals surface area contributed by atoms with Crippen LogP contribution in [-0.4, -0.2) is 30.9 Å². The van der Waals surface area contributed by atoms with E-state index >= 15 is 0 Å². The Morgan fingerprint density at radius 2 is 1.92 bits per heavy atom. The minimum atomic E-state index is -0.616. The minimum Gasteiger partial charge on any atom is -0.466 e. The van der Waals surface area contributed by atoms with Crippen LogP contribution < -0.4 is 16.0 Å². The number of fused-ring (bicyclic) bond motifs is 1. The van der Waals surface area contributed by atoms with Gasteiger partial charge >= 0.3 is 5.97 Å². The first-order valence-corrected chi connectivity index (χ1v) is 7.66. The Labute approximate surface area is 140 Å². The molecular formula is C17H21N3O4. The number of rotatable bonds is 5. The number of amides is 2. The van der Waals surface area contributed by atoms with Crippen LogP contribution >= 0.6 is 0 Å². The Balaban J connectivity index is 2.44. The van der Waals surface area contributed by atoms with Crippen molar-refractivity contribution in [2.24, 2.45) is 5.73 Å². The number of hydrogen-bond donors (Lipinski definition) is 2. The smallest absolute Gasteiger partial charge is 0.311 e. The molecule has 0 aromatic heterocycles. The van der Waals surface area contributed by atoms with Crippen LogP contribution in [0.1, 0.15) is 24.5 Å². The molecule has 1 aromatic rings. The van der Waals surface area contributed by atoms with E-state index in [0.717, 1.165) is 11.1 Å². The van der Waals surface area contributed by atoms with Gasteiger partial charge in [-0.3, -0.25) is 19.3 Å². The van der Waals surface area contributed by atoms with Crippen molar-refractivity contribution in [3.8, 4) is 0 Å². The molecule has 1 aliphatic heterocycles. The van der Waals surface area contributed by atoms with Gasteiger partial charge in [0.2, 0.25) is 5.91 Å². The Kier molecular flexibility index (Phi) is 5.23. The van der Waals surface area contributed by atoms with Crippen molar-refractivity contribution in [2.45, 2.75) is 27.2 Å². The highest BCUT2D eigenvalue weighted by Gasteiger charge is 2.25. The van der Waals surface area contributed by atoms with E-state index in [2.05, 4.69) is 5.32 Å². The van der Waals surface area contributed by atoms with E-state index in [1.807, 2.05) is 26.0 Å². The zero-order valence-corrected chi connectivity index (χ0v) is 14.0. The molecule has 24 heavy (non-hydrogen) atoms. The Bertz CT molecular complexity index is 725. The van der Waals surface area contributed by atoms with E-state index in [1.54, 1.807) is 6.92 Å². The fourth-order valence-electron chi connectivity index (χ4n) is 2.46. The third-order valence-electron chi connectivity index (χ3n) is 3.72. The van der Waals surface area contributed by atoms with Gasteiger partial charge in [0.15, 0.2) is 0 Å². The first kappa shape index (κ1) is 17.5. The van der Waals surface area contributed by atoms with Gasteiger partial charge in [0.25, 0.3) is 5.91 Å². The second kappa shape index (κ2) is 7.16. The monoisotopic (exact) mass is 331 g/mol. The molecule has 2 amide bonds. The lowest BCUT2D eigenvalue weighted by Crippen LogP contribution is -2.37. The molecule has 0 atom stereocenters. The standard InChI is InChI=1S/C17H21N3O4/c1-4-24-17(23)8-12-7-16(22)20(9-15(18)21)14-6-11(3)10(2)5-13(14)19-12/h5-7,19H,4,8-9H2,1-3H3,(H2,18,21). The molecule has 7 nitrogen and oxygen atoms in total. The molecule has 0 saturated heterocycles. The Morgan fingerprint density at radius 3 is 2.54 bits per heavy atom. The van der Waals surface area contributed by atoms with Gasteiger partial charge < -0.3 is 15.8 Å². The average molecular weight is 331 g/mol. The summed E-state index contributed by atoms with van der Waals surface area (Å²) in [5, 5.41) is 3.10. The third-order valence-corrected chi connectivity index (χ3v) is 3.72. The molecule has 0 fully saturated rings. The molecule has 128 valence electrons. The first-order chi connectivity index (χ1) is 11.3. The summed E-state index contributed by atoms with van der Waals surface area (Å²) in [6.45, 7) is 5.60. The summed E-state index contributed by atoms with van der Waals surface area (Å²) in [6.07, 6.45) is 1.24. The summed E-state index contributed by atoms with van der Waals surface area (Å²) in [7, 11) is 0. The van der Waals surface area contributed by atoms with Crippen LogP contribution in [-0.2, 0) is 19.1 Å². The van der Waals surface area contributed by atoms with Crippen LogP contribution in [0.4, 0.5) is 11.4 Å². The van der Waals surface area contributed by atoms with Crippen LogP contribution in [0.5, 0.6) is 0 Å². The quantitative estimate of drug-likeness (QED) is 0.794. The van der Waals surface area contributed by atoms with Crippen molar-refractivity contribution in [1.29, 1.82) is 0 Å². The molecule has 0 saturated carbocycles. The van der Waals surface area contributed by atoms with Crippen molar-refractivity contribution >= 4 is 29.2 Å². The highest BCUT2D eigenvalue weighted by Crippen LogP contribution is 2.33. The fraction of sp³-hybridized carbons (Fsp3) is 0.353. The Hall–Kier alpha value is -2.83. The SMILES string of the molecule is CCOC(=O)CC1=CC(=O)N(CC(N)=O)c2cc(C)c(C)cc2N1. The van der Waals surface area contributed by atoms with Crippen LogP contribution in [0.2, 0.25) is 0 Å². The molecule has 2 rings (SSSR count). The fourth-order valence-corrected chi connectivity index (χ4v) is 2.46. The number of benzene rings is 1. The van der Waals surface area contributed by atoms with E-state index in [1.165, 1.54) is 11.0 Å². The molecule has 7 heteroatoms. The van der Waals surface area contributed by atoms with Crippen molar-refractivity contribution in [3.05, 3.63) is 35.0 Å². The number of aryl methyl sites for hydroxylation is 2. The van der Waals surface area contributed by atoms with E-state index in [4.69, 9.17) is 10.5 Å². The number of hydrogen-bond acceptors (Lipinski definition) is 5. The number of esters is 1. The number of carbonyl (C=O) groups excluding carboxylic acids is 3. The maximum Gasteiger partial charge on any atom is 0.311 e. The van der Waals surface area contributed by atoms with Gasteiger partial charge in [-0.1, -0.05) is 0 Å². The molecule has 0 radical (unpaired) electrons. The number of nitrogens with two attached hydrogens (primary N) is 1. The molecule has 1 aliphatic rings. The van der Waals surface area contributed by atoms with Crippen molar-refractivity contribution in [1.82, 2.24) is 0 Å². The highest BCUT2D eigenvalue weighted by molar-refractivity contribution is 6.09. The van der Waals surface area contributed by atoms with Gasteiger partial charge in [0, 0.05) is 11.8 Å². The predicted octanol–water partition coefficient (Wildman–Crippen LogP) is 1.38. The topological polar surface area (TPSA) is 102 Å². The van der Waals surface area contributed by atoms with Crippen LogP contribution in [0, 0.1) is 13.8 Å². The third kappa shape index (κ3) is 3.92. The lowest BCUT2D eigenvalue weighted by atomic mass is 10.1. The van der Waals surface area contributed by atoms with E-state index in [9.17, 15) is 14.4 Å². The van der Waals surface area contributed by atoms with Gasteiger partial charge in [-0.2, -0.15) is 0 Å². The highest BCUT2D eigenvalue weighted by atomic mass is 16.5. The summed E-state index contributed by atoms with van der Waals surface area (Å²) in [5.74, 6) is -1.46. The normalized spacial score (nSPS) is 13.5. The largest absolute Gasteiger partial charge is 0.466 e. The molecule has 0 bridgehead atoms. The predicted molar refractivity (Wildman–Crippen MR) is 90.4 cm³/mol. The Morgan fingerprint density at radius 1 is 1.25 bits per heavy atom. The molecular weight excluding hydrogens is 310 g/mol. The molecule has 0 spiro atoms. The lowest BCUT2D eigenvalue weighted by Gasteiger charge is -2.22. The number of carbonyl (C=O) groups is 3. The second-order valence-corrected chi connectivity index (χ2v) is 5.62. The van der Waals surface area contributed by atoms with Crippen LogP contribution in [0.25, 0.3) is 0 Å². The number of nitrogens with zero attached hydrogens (tertiary/aromatic N) is 1. The number of primary amides is 1. The maximum atomic E-state index is 12.5. The van der Waals surface area contributed by atoms with Gasteiger partial charge in [0.1, 0.15) is 6.54 Å². The molecule has 0 unspecified atom stereocenters. The average Bonchev–Trinajstić information content (AvgIpc) is 2.58. The van der Waals surface area contributed by atoms with E-state index < -0.39 is 17.8 Å². The molecule has 1 heterocycles. The zero-order chi connectivity index (χ0) is 17.9. The second-order valence-electron chi connectivity index (χ2n) is 5.62. The van der Waals surface area contributed by atoms with Gasteiger partial charge in [0.05, 0.1) is 24.4 Å². The number of ether oxygens (including phenoxy) is 1. The summed E-state index contributed by atoms with van der Waals surface area (Å²) in [6, 6.07) is 3.69. The van der Waals surface area contributed by atoms with Gasteiger partial charge in [-0.25, -0.2) is 0 Å². The number of anilines is 2. The molecule has 3 N–H and O–H groups in total. The maximum absolute atomic E-state index is 12.5. The van der Waals surface area contributed by atoms with Crippen molar-refractivity contribution < 1.29 is 19.1 Å². The summed E-state index contributed by atoms with van der Waals surface area (Å²) in [4.78, 5) is 36.9. The molecule has 0 aliphatic carbocycles.